The van der Waals surface area contributed by atoms with Crippen molar-refractivity contribution >= 4 is 0 Å². The van der Waals surface area contributed by atoms with Gasteiger partial charge in [0.1, 0.15) is 18.3 Å². The van der Waals surface area contributed by atoms with Gasteiger partial charge in [-0.3, -0.25) is 9.97 Å². The Labute approximate surface area is 122 Å². The molecule has 0 saturated carbocycles. The fourth-order valence-corrected chi connectivity index (χ4v) is 1.76. The summed E-state index contributed by atoms with van der Waals surface area (Å²) in [7, 11) is 0. The first-order valence-corrected chi connectivity index (χ1v) is 6.72. The van der Waals surface area contributed by atoms with Crippen molar-refractivity contribution in [1.29, 1.82) is 0 Å². The first kappa shape index (κ1) is 17.9. The minimum Gasteiger partial charge on any atom is -0.394 e. The molecule has 1 aromatic heterocycles. The van der Waals surface area contributed by atoms with Crippen LogP contribution in [-0.2, 0) is 6.42 Å². The molecule has 0 saturated heterocycles. The van der Waals surface area contributed by atoms with Crippen LogP contribution in [0.15, 0.2) is 12.4 Å². The molecule has 6 N–H and O–H groups in total. The van der Waals surface area contributed by atoms with E-state index in [1.165, 1.54) is 12.4 Å². The van der Waals surface area contributed by atoms with E-state index in [2.05, 4.69) is 9.97 Å². The molecule has 0 fully saturated rings. The van der Waals surface area contributed by atoms with E-state index in [4.69, 9.17) is 5.11 Å². The van der Waals surface area contributed by atoms with E-state index < -0.39 is 37.1 Å². The SMILES string of the molecule is CCC(O)C(O)C(O)c1cncc(CC(O)C(O)CO)n1. The average molecular weight is 302 g/mol. The van der Waals surface area contributed by atoms with Crippen molar-refractivity contribution in [1.82, 2.24) is 9.97 Å². The summed E-state index contributed by atoms with van der Waals surface area (Å²) in [6, 6.07) is 0. The highest BCUT2D eigenvalue weighted by Gasteiger charge is 2.26. The van der Waals surface area contributed by atoms with Crippen LogP contribution in [0.25, 0.3) is 0 Å². The second-order valence-electron chi connectivity index (χ2n) is 4.87. The summed E-state index contributed by atoms with van der Waals surface area (Å²) in [6.45, 7) is 1.08. The summed E-state index contributed by atoms with van der Waals surface area (Å²) in [6.07, 6.45) is -3.63. The summed E-state index contributed by atoms with van der Waals surface area (Å²) in [4.78, 5) is 7.87. The van der Waals surface area contributed by atoms with E-state index in [1.54, 1.807) is 6.92 Å². The van der Waals surface area contributed by atoms with Gasteiger partial charge < -0.3 is 30.6 Å². The zero-order valence-corrected chi connectivity index (χ0v) is 11.7. The van der Waals surface area contributed by atoms with Gasteiger partial charge in [0.2, 0.25) is 0 Å². The van der Waals surface area contributed by atoms with Crippen LogP contribution in [0.3, 0.4) is 0 Å². The molecule has 0 aromatic carbocycles. The molecule has 0 radical (unpaired) electrons. The van der Waals surface area contributed by atoms with Crippen LogP contribution in [-0.4, -0.2) is 71.6 Å². The van der Waals surface area contributed by atoms with Crippen LogP contribution in [0.5, 0.6) is 0 Å². The lowest BCUT2D eigenvalue weighted by molar-refractivity contribution is -0.0632. The summed E-state index contributed by atoms with van der Waals surface area (Å²) in [5.41, 5.74) is 0.336. The molecule has 0 amide bonds. The van der Waals surface area contributed by atoms with Crippen molar-refractivity contribution in [2.75, 3.05) is 6.61 Å². The van der Waals surface area contributed by atoms with Crippen molar-refractivity contribution in [3.8, 4) is 0 Å². The molecule has 0 aliphatic heterocycles. The largest absolute Gasteiger partial charge is 0.394 e. The molecule has 0 bridgehead atoms. The van der Waals surface area contributed by atoms with Gasteiger partial charge in [0.05, 0.1) is 36.4 Å². The van der Waals surface area contributed by atoms with E-state index in [-0.39, 0.29) is 24.2 Å². The van der Waals surface area contributed by atoms with Gasteiger partial charge in [-0.15, -0.1) is 0 Å². The van der Waals surface area contributed by atoms with Crippen LogP contribution >= 0.6 is 0 Å². The van der Waals surface area contributed by atoms with Crippen molar-refractivity contribution in [2.24, 2.45) is 0 Å². The van der Waals surface area contributed by atoms with Gasteiger partial charge in [0.15, 0.2) is 0 Å². The third-order valence-corrected chi connectivity index (χ3v) is 3.19. The molecule has 21 heavy (non-hydrogen) atoms. The fourth-order valence-electron chi connectivity index (χ4n) is 1.76. The van der Waals surface area contributed by atoms with Gasteiger partial charge in [0.25, 0.3) is 0 Å². The molecule has 120 valence electrons. The Hall–Kier alpha value is -1.16. The highest BCUT2D eigenvalue weighted by atomic mass is 16.4. The van der Waals surface area contributed by atoms with Crippen LogP contribution in [0.4, 0.5) is 0 Å². The van der Waals surface area contributed by atoms with Gasteiger partial charge in [-0.2, -0.15) is 0 Å². The first-order valence-electron chi connectivity index (χ1n) is 6.72. The van der Waals surface area contributed by atoms with E-state index in [1.807, 2.05) is 0 Å². The third-order valence-electron chi connectivity index (χ3n) is 3.19. The lowest BCUT2D eigenvalue weighted by atomic mass is 10.0. The molecule has 5 atom stereocenters. The van der Waals surface area contributed by atoms with E-state index in [9.17, 15) is 25.5 Å². The summed E-state index contributed by atoms with van der Waals surface area (Å²) in [5.74, 6) is 0. The van der Waals surface area contributed by atoms with E-state index in [0.717, 1.165) is 0 Å². The van der Waals surface area contributed by atoms with Gasteiger partial charge in [-0.25, -0.2) is 0 Å². The van der Waals surface area contributed by atoms with Gasteiger partial charge in [-0.05, 0) is 6.42 Å². The number of nitrogens with zero attached hydrogens (tertiary/aromatic N) is 2. The monoisotopic (exact) mass is 302 g/mol. The molecule has 1 aromatic rings. The maximum atomic E-state index is 9.94. The highest BCUT2D eigenvalue weighted by Crippen LogP contribution is 2.18. The summed E-state index contributed by atoms with van der Waals surface area (Å²) in [5, 5.41) is 56.8. The molecule has 5 unspecified atom stereocenters. The van der Waals surface area contributed by atoms with Crippen molar-refractivity contribution < 1.29 is 30.6 Å². The highest BCUT2D eigenvalue weighted by molar-refractivity contribution is 5.09. The van der Waals surface area contributed by atoms with Crippen LogP contribution in [0.2, 0.25) is 0 Å². The Morgan fingerprint density at radius 2 is 1.67 bits per heavy atom. The quantitative estimate of drug-likeness (QED) is 0.320. The lowest BCUT2D eigenvalue weighted by Crippen LogP contribution is -2.33. The number of rotatable bonds is 8. The maximum absolute atomic E-state index is 9.94. The molecule has 1 rings (SSSR count). The number of hydrogen-bond acceptors (Lipinski definition) is 8. The maximum Gasteiger partial charge on any atom is 0.126 e. The molecule has 1 heterocycles. The lowest BCUT2D eigenvalue weighted by Gasteiger charge is -2.22. The number of aliphatic hydroxyl groups is 6. The molecule has 0 aliphatic rings. The predicted octanol–water partition coefficient (Wildman–Crippen LogP) is -2.10. The van der Waals surface area contributed by atoms with Gasteiger partial charge in [-0.1, -0.05) is 6.92 Å². The fraction of sp³-hybridized carbons (Fsp3) is 0.692. The summed E-state index contributed by atoms with van der Waals surface area (Å²) < 4.78 is 0. The predicted molar refractivity (Wildman–Crippen MR) is 72.1 cm³/mol. The number of aliphatic hydroxyl groups excluding tert-OH is 6. The molecular formula is C13H22N2O6. The Kier molecular flexibility index (Phi) is 7.09. The smallest absolute Gasteiger partial charge is 0.126 e. The van der Waals surface area contributed by atoms with Crippen molar-refractivity contribution in [2.45, 2.75) is 50.3 Å². The van der Waals surface area contributed by atoms with Crippen molar-refractivity contribution in [3.05, 3.63) is 23.8 Å². The molecular weight excluding hydrogens is 280 g/mol. The Morgan fingerprint density at radius 3 is 2.24 bits per heavy atom. The molecule has 8 nitrogen and oxygen atoms in total. The standard InChI is InChI=1S/C13H22N2O6/c1-2-9(17)13(21)12(20)8-5-14-4-7(15-8)3-10(18)11(19)6-16/h4-5,9-13,16-21H,2-3,6H2,1H3. The second-order valence-corrected chi connectivity index (χ2v) is 4.87. The molecule has 0 aliphatic carbocycles. The Balaban J connectivity index is 2.80. The zero-order chi connectivity index (χ0) is 16.0. The van der Waals surface area contributed by atoms with E-state index >= 15 is 0 Å². The van der Waals surface area contributed by atoms with Gasteiger partial charge in [0, 0.05) is 12.6 Å². The van der Waals surface area contributed by atoms with Crippen LogP contribution in [0.1, 0.15) is 30.8 Å². The minimum absolute atomic E-state index is 0.0539. The minimum atomic E-state index is -1.41. The number of hydrogen-bond donors (Lipinski definition) is 6. The molecule has 0 spiro atoms. The number of aromatic nitrogens is 2. The first-order chi connectivity index (χ1) is 9.90. The normalized spacial score (nSPS) is 18.8. The summed E-state index contributed by atoms with van der Waals surface area (Å²) >= 11 is 0. The zero-order valence-electron chi connectivity index (χ0n) is 11.7. The topological polar surface area (TPSA) is 147 Å². The molecule has 8 heteroatoms. The Morgan fingerprint density at radius 1 is 1.00 bits per heavy atom. The average Bonchev–Trinajstić information content (AvgIpc) is 2.51. The van der Waals surface area contributed by atoms with E-state index in [0.29, 0.717) is 0 Å². The Bertz CT molecular complexity index is 433. The third kappa shape index (κ3) is 4.95. The second kappa shape index (κ2) is 8.32. The van der Waals surface area contributed by atoms with Crippen LogP contribution < -0.4 is 0 Å². The van der Waals surface area contributed by atoms with Gasteiger partial charge >= 0.3 is 0 Å². The van der Waals surface area contributed by atoms with Crippen molar-refractivity contribution in [3.63, 3.8) is 0 Å². The van der Waals surface area contributed by atoms with Crippen LogP contribution in [0, 0.1) is 0 Å².